The highest BCUT2D eigenvalue weighted by atomic mass is 19.4. The van der Waals surface area contributed by atoms with E-state index in [1.165, 1.54) is 38.6 Å². The van der Waals surface area contributed by atoms with E-state index < -0.39 is 58.8 Å². The molecule has 0 saturated carbocycles. The van der Waals surface area contributed by atoms with Crippen LogP contribution in [0.2, 0.25) is 0 Å². The quantitative estimate of drug-likeness (QED) is 0.249. The molecule has 0 unspecified atom stereocenters. The molecule has 0 atom stereocenters. The number of amides is 4. The number of anilines is 2. The zero-order valence-electron chi connectivity index (χ0n) is 24.1. The molecule has 4 aromatic heterocycles. The van der Waals surface area contributed by atoms with Crippen molar-refractivity contribution in [1.29, 1.82) is 0 Å². The fourth-order valence-electron chi connectivity index (χ4n) is 4.02. The fraction of sp³-hybridized carbons (Fsp3) is 0.214. The first-order chi connectivity index (χ1) is 22.1. The fourth-order valence-corrected chi connectivity index (χ4v) is 4.02. The van der Waals surface area contributed by atoms with E-state index in [9.17, 15) is 44.7 Å². The van der Waals surface area contributed by atoms with Gasteiger partial charge in [-0.25, -0.2) is 28.3 Å². The van der Waals surface area contributed by atoms with Gasteiger partial charge in [0, 0.05) is 37.6 Å². The number of hydrogen-bond acceptors (Lipinski definition) is 7. The van der Waals surface area contributed by atoms with Crippen molar-refractivity contribution in [3.8, 4) is 22.5 Å². The summed E-state index contributed by atoms with van der Waals surface area (Å²) in [6, 6.07) is 5.24. The highest BCUT2D eigenvalue weighted by Crippen LogP contribution is 2.38. The molecule has 4 amide bonds. The van der Waals surface area contributed by atoms with Gasteiger partial charge in [0.25, 0.3) is 0 Å². The van der Waals surface area contributed by atoms with Crippen molar-refractivity contribution in [2.75, 3.05) is 37.8 Å². The smallest absolute Gasteiger partial charge is 0.341 e. The second-order valence-electron chi connectivity index (χ2n) is 9.51. The van der Waals surface area contributed by atoms with Gasteiger partial charge in [0.1, 0.15) is 25.1 Å². The summed E-state index contributed by atoms with van der Waals surface area (Å²) in [7, 11) is 2.67. The molecule has 1 aliphatic heterocycles. The predicted octanol–water partition coefficient (Wildman–Crippen LogP) is 6.16. The minimum Gasteiger partial charge on any atom is -0.341 e. The zero-order chi connectivity index (χ0) is 34.5. The Morgan fingerprint density at radius 3 is 1.85 bits per heavy atom. The van der Waals surface area contributed by atoms with Crippen molar-refractivity contribution in [3.05, 3.63) is 84.2 Å². The number of alkyl halides is 6. The zero-order valence-corrected chi connectivity index (χ0v) is 24.1. The third-order valence-electron chi connectivity index (χ3n) is 6.14. The minimum absolute atomic E-state index is 0.0167. The lowest BCUT2D eigenvalue weighted by atomic mass is 10.1. The van der Waals surface area contributed by atoms with E-state index in [4.69, 9.17) is 4.74 Å². The Balaban J connectivity index is 0.000000215. The van der Waals surface area contributed by atoms with Crippen LogP contribution in [0.15, 0.2) is 61.2 Å². The second-order valence-corrected chi connectivity index (χ2v) is 9.51. The standard InChI is InChI=1S/C15H12F4N4O2.C13H10F4N4O/c1-22-7-25-8-23(14(22)24)12-3-2-11(21-13(12)15(17,18)19)9-4-10(16)6-20-5-9;1-18-12(22)21-10-3-2-9(20-11(10)13(15,16)17)7-4-8(14)6-19-5-7/h2-6H,7-8H2,1H3;2-6H,1H3,(H2,18,21,22). The molecule has 0 aliphatic carbocycles. The summed E-state index contributed by atoms with van der Waals surface area (Å²) in [5.41, 5.74) is -3.51. The minimum atomic E-state index is -4.82. The van der Waals surface area contributed by atoms with Gasteiger partial charge in [0.2, 0.25) is 0 Å². The number of ether oxygens (including phenoxy) is 1. The number of aromatic nitrogens is 4. The lowest BCUT2D eigenvalue weighted by molar-refractivity contribution is -0.141. The van der Waals surface area contributed by atoms with E-state index in [1.54, 1.807) is 0 Å². The third kappa shape index (κ3) is 8.43. The number of pyridine rings is 4. The molecule has 0 aromatic carbocycles. The van der Waals surface area contributed by atoms with Crippen molar-refractivity contribution in [2.45, 2.75) is 12.4 Å². The first kappa shape index (κ1) is 34.4. The topological polar surface area (TPSA) is 125 Å². The summed E-state index contributed by atoms with van der Waals surface area (Å²) in [5, 5.41) is 4.18. The van der Waals surface area contributed by atoms with Crippen molar-refractivity contribution in [3.63, 3.8) is 0 Å². The summed E-state index contributed by atoms with van der Waals surface area (Å²) in [6.07, 6.45) is -5.35. The molecule has 1 aliphatic rings. The Bertz CT molecular complexity index is 1770. The maximum atomic E-state index is 13.5. The second kappa shape index (κ2) is 13.9. The van der Waals surface area contributed by atoms with Crippen LogP contribution in [0.4, 0.5) is 56.1 Å². The summed E-state index contributed by atoms with van der Waals surface area (Å²) in [5.74, 6) is -1.39. The van der Waals surface area contributed by atoms with Gasteiger partial charge in [-0.15, -0.1) is 0 Å². The van der Waals surface area contributed by atoms with Crippen LogP contribution < -0.4 is 15.5 Å². The van der Waals surface area contributed by atoms with Crippen LogP contribution >= 0.6 is 0 Å². The molecule has 1 saturated heterocycles. The van der Waals surface area contributed by atoms with Gasteiger partial charge in [-0.05, 0) is 36.4 Å². The van der Waals surface area contributed by atoms with Crippen LogP contribution in [-0.2, 0) is 17.1 Å². The molecule has 4 aromatic rings. The van der Waals surface area contributed by atoms with E-state index in [-0.39, 0.29) is 36.0 Å². The Hall–Kier alpha value is -5.46. The van der Waals surface area contributed by atoms with E-state index in [1.807, 2.05) is 5.32 Å². The lowest BCUT2D eigenvalue weighted by Crippen LogP contribution is -2.49. The summed E-state index contributed by atoms with van der Waals surface area (Å²) in [6.45, 7) is -0.341. The van der Waals surface area contributed by atoms with Gasteiger partial charge in [-0.3, -0.25) is 14.9 Å². The Morgan fingerprint density at radius 2 is 1.34 bits per heavy atom. The normalized spacial score (nSPS) is 13.5. The molecule has 0 spiro atoms. The summed E-state index contributed by atoms with van der Waals surface area (Å²) in [4.78, 5) is 39.5. The van der Waals surface area contributed by atoms with Crippen LogP contribution in [0.3, 0.4) is 0 Å². The highest BCUT2D eigenvalue weighted by molar-refractivity contribution is 5.93. The van der Waals surface area contributed by atoms with Crippen molar-refractivity contribution >= 4 is 23.4 Å². The van der Waals surface area contributed by atoms with Crippen LogP contribution in [0.1, 0.15) is 11.4 Å². The number of rotatable bonds is 4. The van der Waals surface area contributed by atoms with Gasteiger partial charge in [0.15, 0.2) is 11.4 Å². The summed E-state index contributed by atoms with van der Waals surface area (Å²) < 4.78 is 111. The molecule has 1 fully saturated rings. The van der Waals surface area contributed by atoms with Crippen LogP contribution in [0.5, 0.6) is 0 Å². The number of carbonyl (C=O) groups excluding carboxylic acids is 2. The molecule has 2 N–H and O–H groups in total. The largest absolute Gasteiger partial charge is 0.435 e. The number of nitrogens with zero attached hydrogens (tertiary/aromatic N) is 6. The molecule has 0 bridgehead atoms. The lowest BCUT2D eigenvalue weighted by Gasteiger charge is -2.34. The van der Waals surface area contributed by atoms with Crippen molar-refractivity contribution in [2.24, 2.45) is 0 Å². The Labute approximate surface area is 260 Å². The molecule has 248 valence electrons. The van der Waals surface area contributed by atoms with E-state index in [0.29, 0.717) is 0 Å². The van der Waals surface area contributed by atoms with Gasteiger partial charge >= 0.3 is 24.4 Å². The molecular weight excluding hydrogens is 648 g/mol. The number of carbonyl (C=O) groups is 2. The number of urea groups is 2. The van der Waals surface area contributed by atoms with Crippen molar-refractivity contribution < 1.29 is 49.4 Å². The molecule has 11 nitrogen and oxygen atoms in total. The molecular formula is C28H22F8N8O3. The van der Waals surface area contributed by atoms with Gasteiger partial charge < -0.3 is 20.3 Å². The van der Waals surface area contributed by atoms with E-state index >= 15 is 0 Å². The SMILES string of the molecule is CN1COCN(c2ccc(-c3cncc(F)c3)nc2C(F)(F)F)C1=O.CNC(=O)Nc1ccc(-c2cncc(F)c2)nc1C(F)(F)F. The molecule has 0 radical (unpaired) electrons. The van der Waals surface area contributed by atoms with Gasteiger partial charge in [-0.2, -0.15) is 26.3 Å². The first-order valence-electron chi connectivity index (χ1n) is 13.1. The predicted molar refractivity (Wildman–Crippen MR) is 149 cm³/mol. The first-order valence-corrected chi connectivity index (χ1v) is 13.1. The third-order valence-corrected chi connectivity index (χ3v) is 6.14. The van der Waals surface area contributed by atoms with E-state index in [2.05, 4.69) is 25.3 Å². The van der Waals surface area contributed by atoms with Crippen LogP contribution in [0.25, 0.3) is 22.5 Å². The van der Waals surface area contributed by atoms with Crippen LogP contribution in [-0.4, -0.2) is 64.5 Å². The molecule has 5 heterocycles. The number of nitrogens with one attached hydrogen (secondary N) is 2. The maximum absolute atomic E-state index is 13.5. The van der Waals surface area contributed by atoms with Crippen LogP contribution in [0, 0.1) is 11.6 Å². The number of halogens is 8. The monoisotopic (exact) mass is 670 g/mol. The molecule has 5 rings (SSSR count). The average Bonchev–Trinajstić information content (AvgIpc) is 3.01. The number of hydrogen-bond donors (Lipinski definition) is 2. The summed E-state index contributed by atoms with van der Waals surface area (Å²) >= 11 is 0. The molecule has 19 heteroatoms. The Morgan fingerprint density at radius 1 is 0.809 bits per heavy atom. The maximum Gasteiger partial charge on any atom is 0.435 e. The Kier molecular flexibility index (Phi) is 10.2. The average molecular weight is 671 g/mol. The van der Waals surface area contributed by atoms with E-state index in [0.717, 1.165) is 46.5 Å². The molecule has 47 heavy (non-hydrogen) atoms. The van der Waals surface area contributed by atoms with Crippen molar-refractivity contribution in [1.82, 2.24) is 30.2 Å². The highest BCUT2D eigenvalue weighted by Gasteiger charge is 2.40. The van der Waals surface area contributed by atoms with Gasteiger partial charge in [0.05, 0.1) is 35.2 Å². The van der Waals surface area contributed by atoms with Gasteiger partial charge in [-0.1, -0.05) is 0 Å².